The summed E-state index contributed by atoms with van der Waals surface area (Å²) >= 11 is 0. The summed E-state index contributed by atoms with van der Waals surface area (Å²) in [5.74, 6) is -1.03. The molecule has 3 atom stereocenters. The van der Waals surface area contributed by atoms with E-state index < -0.39 is 32.5 Å². The van der Waals surface area contributed by atoms with E-state index in [0.29, 0.717) is 19.3 Å². The first-order chi connectivity index (χ1) is 28.2. The second-order valence-corrected chi connectivity index (χ2v) is 15.1. The molecule has 0 aliphatic heterocycles. The standard InChI is InChI=1S/C47H76NO9P/c1-3-5-7-8-9-10-11-12-13-14-15-16-17-18-22-25-28-31-34-38-46(50)54-42-45(43-56-58(52,53)55-41-40-48)57-47(51)39-35-32-29-26-23-20-19-21-24-27-30-33-37-44(49)36-6-4-2/h9-10,12-13,15-16,18-20,22,24,26-29,31,33,37,44-45,49H,3-8,11,14,17,21,23,25,30,32,34-36,38-43,48H2,1-2H3,(H,52,53)/b10-9-,13-12-,16-15-,20-19-,22-18-,27-24-,29-26-,31-28-,37-33-/t44-,45-/m1/s1. The fourth-order valence-electron chi connectivity index (χ4n) is 4.98. The quantitative estimate of drug-likeness (QED) is 0.0237. The molecule has 10 nitrogen and oxygen atoms in total. The Balaban J connectivity index is 4.44. The minimum Gasteiger partial charge on any atom is -0.462 e. The van der Waals surface area contributed by atoms with Crippen molar-refractivity contribution in [3.63, 3.8) is 0 Å². The third kappa shape index (κ3) is 40.8. The van der Waals surface area contributed by atoms with Gasteiger partial charge >= 0.3 is 19.8 Å². The van der Waals surface area contributed by atoms with Crippen LogP contribution in [0.4, 0.5) is 0 Å². The maximum atomic E-state index is 12.6. The van der Waals surface area contributed by atoms with Crippen molar-refractivity contribution in [2.75, 3.05) is 26.4 Å². The molecule has 1 unspecified atom stereocenters. The number of allylic oxidation sites excluding steroid dienone is 17. The normalized spacial score (nSPS) is 14.9. The van der Waals surface area contributed by atoms with E-state index in [9.17, 15) is 24.2 Å². The van der Waals surface area contributed by atoms with Gasteiger partial charge in [-0.05, 0) is 83.5 Å². The lowest BCUT2D eigenvalue weighted by Crippen LogP contribution is -2.29. The van der Waals surface area contributed by atoms with Gasteiger partial charge < -0.3 is 25.2 Å². The van der Waals surface area contributed by atoms with E-state index in [1.54, 1.807) is 0 Å². The Morgan fingerprint density at radius 3 is 1.59 bits per heavy atom. The molecule has 0 bridgehead atoms. The molecule has 0 aromatic carbocycles. The Morgan fingerprint density at radius 2 is 1.07 bits per heavy atom. The summed E-state index contributed by atoms with van der Waals surface area (Å²) in [5.41, 5.74) is 5.33. The average Bonchev–Trinajstić information content (AvgIpc) is 3.21. The van der Waals surface area contributed by atoms with Crippen LogP contribution in [-0.2, 0) is 32.7 Å². The predicted molar refractivity (Wildman–Crippen MR) is 239 cm³/mol. The molecule has 0 aliphatic carbocycles. The van der Waals surface area contributed by atoms with Crippen LogP contribution in [0, 0.1) is 0 Å². The molecule has 0 heterocycles. The number of rotatable bonds is 38. The minimum atomic E-state index is -4.43. The first kappa shape index (κ1) is 54.6. The van der Waals surface area contributed by atoms with Gasteiger partial charge in [-0.1, -0.05) is 149 Å². The maximum absolute atomic E-state index is 12.6. The number of aliphatic hydroxyl groups excluding tert-OH is 1. The zero-order valence-corrected chi connectivity index (χ0v) is 36.5. The van der Waals surface area contributed by atoms with Crippen LogP contribution < -0.4 is 5.73 Å². The van der Waals surface area contributed by atoms with Gasteiger partial charge in [0, 0.05) is 19.4 Å². The third-order valence-corrected chi connectivity index (χ3v) is 9.20. The first-order valence-electron chi connectivity index (χ1n) is 21.5. The van der Waals surface area contributed by atoms with E-state index >= 15 is 0 Å². The van der Waals surface area contributed by atoms with Crippen LogP contribution in [0.3, 0.4) is 0 Å². The Morgan fingerprint density at radius 1 is 0.586 bits per heavy atom. The highest BCUT2D eigenvalue weighted by Gasteiger charge is 2.25. The smallest absolute Gasteiger partial charge is 0.462 e. The van der Waals surface area contributed by atoms with Crippen LogP contribution in [0.5, 0.6) is 0 Å². The van der Waals surface area contributed by atoms with Crippen LogP contribution in [0.2, 0.25) is 0 Å². The van der Waals surface area contributed by atoms with Gasteiger partial charge in [-0.3, -0.25) is 18.6 Å². The summed E-state index contributed by atoms with van der Waals surface area (Å²) in [5, 5.41) is 9.81. The molecule has 0 radical (unpaired) electrons. The lowest BCUT2D eigenvalue weighted by atomic mass is 10.1. The summed E-state index contributed by atoms with van der Waals surface area (Å²) in [4.78, 5) is 34.8. The van der Waals surface area contributed by atoms with Crippen LogP contribution in [-0.4, -0.2) is 60.5 Å². The topological polar surface area (TPSA) is 155 Å². The van der Waals surface area contributed by atoms with Gasteiger partial charge in [0.05, 0.1) is 19.3 Å². The first-order valence-corrected chi connectivity index (χ1v) is 22.9. The number of carbonyl (C=O) groups excluding carboxylic acids is 2. The largest absolute Gasteiger partial charge is 0.472 e. The molecular formula is C47H76NO9P. The number of hydrogen-bond acceptors (Lipinski definition) is 9. The summed E-state index contributed by atoms with van der Waals surface area (Å²) < 4.78 is 32.6. The van der Waals surface area contributed by atoms with Gasteiger partial charge in [0.2, 0.25) is 0 Å². The molecule has 0 fully saturated rings. The number of phosphoric ester groups is 1. The maximum Gasteiger partial charge on any atom is 0.472 e. The highest BCUT2D eigenvalue weighted by Crippen LogP contribution is 2.43. The lowest BCUT2D eigenvalue weighted by Gasteiger charge is -2.19. The lowest BCUT2D eigenvalue weighted by molar-refractivity contribution is -0.161. The van der Waals surface area contributed by atoms with Crippen molar-refractivity contribution >= 4 is 19.8 Å². The van der Waals surface area contributed by atoms with E-state index in [2.05, 4.69) is 86.8 Å². The number of nitrogens with two attached hydrogens (primary N) is 1. The van der Waals surface area contributed by atoms with E-state index in [1.807, 2.05) is 36.5 Å². The molecule has 0 aromatic rings. The number of ether oxygens (including phenoxy) is 2. The van der Waals surface area contributed by atoms with Crippen LogP contribution in [0.1, 0.15) is 136 Å². The molecule has 4 N–H and O–H groups in total. The van der Waals surface area contributed by atoms with Gasteiger partial charge in [0.25, 0.3) is 0 Å². The van der Waals surface area contributed by atoms with Gasteiger partial charge in [0.15, 0.2) is 6.10 Å². The molecule has 328 valence electrons. The van der Waals surface area contributed by atoms with Crippen LogP contribution >= 0.6 is 7.82 Å². The van der Waals surface area contributed by atoms with E-state index in [1.165, 1.54) is 25.7 Å². The number of hydrogen-bond donors (Lipinski definition) is 3. The Hall–Kier alpha value is -3.37. The SMILES string of the molecule is CCCCC/C=C\C/C=C\C/C=C\C/C=C\C/C=C\CCC(=O)OC[C@H](COP(=O)(O)OCCN)OC(=O)CCC/C=C\C/C=C\C/C=C\C/C=C\[C@H](O)CCCC. The summed E-state index contributed by atoms with van der Waals surface area (Å²) in [7, 11) is -4.43. The number of aliphatic hydroxyl groups is 1. The molecule has 0 saturated carbocycles. The fourth-order valence-corrected chi connectivity index (χ4v) is 5.74. The number of unbranched alkanes of at least 4 members (excludes halogenated alkanes) is 5. The molecule has 0 saturated heterocycles. The fraction of sp³-hybridized carbons (Fsp3) is 0.574. The van der Waals surface area contributed by atoms with Crippen molar-refractivity contribution in [1.29, 1.82) is 0 Å². The average molecular weight is 830 g/mol. The van der Waals surface area contributed by atoms with Crippen LogP contribution in [0.25, 0.3) is 0 Å². The molecule has 0 aromatic heterocycles. The van der Waals surface area contributed by atoms with Crippen molar-refractivity contribution in [3.05, 3.63) is 109 Å². The Bertz CT molecular complexity index is 1330. The summed E-state index contributed by atoms with van der Waals surface area (Å²) in [6.45, 7) is 3.35. The van der Waals surface area contributed by atoms with E-state index in [-0.39, 0.29) is 38.7 Å². The molecule has 0 amide bonds. The number of phosphoric acid groups is 1. The van der Waals surface area contributed by atoms with E-state index in [0.717, 1.165) is 64.2 Å². The van der Waals surface area contributed by atoms with Crippen molar-refractivity contribution in [3.8, 4) is 0 Å². The summed E-state index contributed by atoms with van der Waals surface area (Å²) in [6, 6.07) is 0. The van der Waals surface area contributed by atoms with Crippen molar-refractivity contribution < 1.29 is 42.7 Å². The second kappa shape index (κ2) is 41.8. The highest BCUT2D eigenvalue weighted by atomic mass is 31.2. The molecule has 0 rings (SSSR count). The van der Waals surface area contributed by atoms with Gasteiger partial charge in [-0.25, -0.2) is 4.57 Å². The monoisotopic (exact) mass is 830 g/mol. The number of carbonyl (C=O) groups is 2. The predicted octanol–water partition coefficient (Wildman–Crippen LogP) is 11.4. The Labute approximate surface area is 351 Å². The zero-order chi connectivity index (χ0) is 42.6. The molecular weight excluding hydrogens is 753 g/mol. The highest BCUT2D eigenvalue weighted by molar-refractivity contribution is 7.47. The van der Waals surface area contributed by atoms with Crippen molar-refractivity contribution in [2.45, 2.75) is 148 Å². The molecule has 0 spiro atoms. The third-order valence-electron chi connectivity index (χ3n) is 8.22. The van der Waals surface area contributed by atoms with Gasteiger partial charge in [-0.2, -0.15) is 0 Å². The minimum absolute atomic E-state index is 0.0222. The van der Waals surface area contributed by atoms with Gasteiger partial charge in [0.1, 0.15) is 6.61 Å². The van der Waals surface area contributed by atoms with E-state index in [4.69, 9.17) is 24.3 Å². The van der Waals surface area contributed by atoms with Crippen molar-refractivity contribution in [1.82, 2.24) is 0 Å². The van der Waals surface area contributed by atoms with Crippen LogP contribution in [0.15, 0.2) is 109 Å². The van der Waals surface area contributed by atoms with Gasteiger partial charge in [-0.15, -0.1) is 0 Å². The molecule has 0 aliphatic rings. The molecule has 58 heavy (non-hydrogen) atoms. The Kier molecular flexibility index (Phi) is 39.4. The molecule has 11 heteroatoms. The number of esters is 2. The van der Waals surface area contributed by atoms with Crippen molar-refractivity contribution in [2.24, 2.45) is 5.73 Å². The second-order valence-electron chi connectivity index (χ2n) is 13.7. The zero-order valence-electron chi connectivity index (χ0n) is 35.6. The summed E-state index contributed by atoms with van der Waals surface area (Å²) in [6.07, 6.45) is 51.9.